The lowest BCUT2D eigenvalue weighted by Gasteiger charge is -2.31. The Labute approximate surface area is 138 Å². The van der Waals surface area contributed by atoms with Crippen molar-refractivity contribution in [3.05, 3.63) is 35.3 Å². The molecule has 2 aliphatic heterocycles. The number of allylic oxidation sites excluding steroid dienone is 2. The van der Waals surface area contributed by atoms with Crippen LogP contribution in [0.5, 0.6) is 0 Å². The van der Waals surface area contributed by atoms with E-state index in [0.29, 0.717) is 0 Å². The van der Waals surface area contributed by atoms with Crippen molar-refractivity contribution in [3.63, 3.8) is 0 Å². The SMILES string of the molecule is COC1=C(/C=C/C=C2C(=O)OC(C)(C)OC2=O)C(=O)OC(C)(C)O1. The van der Waals surface area contributed by atoms with E-state index in [9.17, 15) is 14.4 Å². The quantitative estimate of drug-likeness (QED) is 0.433. The number of carbonyl (C=O) groups is 3. The van der Waals surface area contributed by atoms with Crippen molar-refractivity contribution < 1.29 is 38.1 Å². The van der Waals surface area contributed by atoms with Crippen molar-refractivity contribution in [3.8, 4) is 0 Å². The van der Waals surface area contributed by atoms with Crippen molar-refractivity contribution in [2.75, 3.05) is 7.11 Å². The summed E-state index contributed by atoms with van der Waals surface area (Å²) in [6, 6.07) is 0. The second-order valence-corrected chi connectivity index (χ2v) is 5.91. The van der Waals surface area contributed by atoms with Gasteiger partial charge in [-0.25, -0.2) is 14.4 Å². The van der Waals surface area contributed by atoms with Gasteiger partial charge in [0, 0.05) is 27.7 Å². The number of hydrogen-bond acceptors (Lipinski definition) is 8. The molecular formula is C16H18O8. The number of cyclic esters (lactones) is 3. The van der Waals surface area contributed by atoms with Gasteiger partial charge in [-0.3, -0.25) is 0 Å². The third-order valence-electron chi connectivity index (χ3n) is 2.94. The summed E-state index contributed by atoms with van der Waals surface area (Å²) in [4.78, 5) is 35.6. The topological polar surface area (TPSA) is 97.4 Å². The fourth-order valence-corrected chi connectivity index (χ4v) is 1.99. The molecule has 0 radical (unpaired) electrons. The molecule has 1 saturated heterocycles. The molecule has 8 heteroatoms. The summed E-state index contributed by atoms with van der Waals surface area (Å²) >= 11 is 0. The first-order chi connectivity index (χ1) is 11.0. The van der Waals surface area contributed by atoms with Crippen LogP contribution in [0.25, 0.3) is 0 Å². The van der Waals surface area contributed by atoms with E-state index < -0.39 is 29.5 Å². The van der Waals surface area contributed by atoms with Gasteiger partial charge in [-0.1, -0.05) is 6.08 Å². The van der Waals surface area contributed by atoms with Crippen LogP contribution < -0.4 is 0 Å². The van der Waals surface area contributed by atoms with Gasteiger partial charge in [-0.2, -0.15) is 0 Å². The molecule has 1 fully saturated rings. The lowest BCUT2D eigenvalue weighted by atomic mass is 10.1. The Morgan fingerprint density at radius 1 is 0.833 bits per heavy atom. The fourth-order valence-electron chi connectivity index (χ4n) is 1.99. The van der Waals surface area contributed by atoms with E-state index in [1.54, 1.807) is 13.8 Å². The molecule has 0 spiro atoms. The highest BCUT2D eigenvalue weighted by molar-refractivity contribution is 6.15. The Balaban J connectivity index is 2.24. The smallest absolute Gasteiger partial charge is 0.348 e. The predicted octanol–water partition coefficient (Wildman–Crippen LogP) is 1.47. The molecule has 0 unspecified atom stereocenters. The van der Waals surface area contributed by atoms with Crippen LogP contribution in [0.1, 0.15) is 27.7 Å². The molecule has 2 rings (SSSR count). The highest BCUT2D eigenvalue weighted by atomic mass is 16.8. The van der Waals surface area contributed by atoms with Gasteiger partial charge in [0.05, 0.1) is 7.11 Å². The fraction of sp³-hybridized carbons (Fsp3) is 0.438. The number of rotatable bonds is 3. The molecule has 8 nitrogen and oxygen atoms in total. The van der Waals surface area contributed by atoms with Crippen LogP contribution in [0.4, 0.5) is 0 Å². The molecule has 0 aromatic carbocycles. The largest absolute Gasteiger partial charge is 0.468 e. The van der Waals surface area contributed by atoms with Crippen LogP contribution >= 0.6 is 0 Å². The van der Waals surface area contributed by atoms with Gasteiger partial charge in [0.15, 0.2) is 0 Å². The van der Waals surface area contributed by atoms with Crippen LogP contribution in [0, 0.1) is 0 Å². The third-order valence-corrected chi connectivity index (χ3v) is 2.94. The second kappa shape index (κ2) is 6.03. The highest BCUT2D eigenvalue weighted by Gasteiger charge is 2.39. The summed E-state index contributed by atoms with van der Waals surface area (Å²) in [7, 11) is 1.34. The molecule has 130 valence electrons. The van der Waals surface area contributed by atoms with E-state index in [-0.39, 0.29) is 17.1 Å². The minimum atomic E-state index is -1.31. The maximum Gasteiger partial charge on any atom is 0.348 e. The minimum Gasteiger partial charge on any atom is -0.468 e. The van der Waals surface area contributed by atoms with Crippen LogP contribution in [0.2, 0.25) is 0 Å². The van der Waals surface area contributed by atoms with E-state index in [4.69, 9.17) is 23.7 Å². The van der Waals surface area contributed by atoms with E-state index >= 15 is 0 Å². The van der Waals surface area contributed by atoms with Crippen LogP contribution in [0.15, 0.2) is 35.3 Å². The lowest BCUT2D eigenvalue weighted by molar-refractivity contribution is -0.224. The van der Waals surface area contributed by atoms with Crippen molar-refractivity contribution in [2.24, 2.45) is 0 Å². The lowest BCUT2D eigenvalue weighted by Crippen LogP contribution is -2.41. The average Bonchev–Trinajstić information content (AvgIpc) is 2.41. The summed E-state index contributed by atoms with van der Waals surface area (Å²) in [5.41, 5.74) is -0.290. The maximum absolute atomic E-state index is 12.0. The number of esters is 3. The molecule has 0 aromatic rings. The summed E-state index contributed by atoms with van der Waals surface area (Å²) in [5, 5.41) is 0. The molecule has 2 heterocycles. The van der Waals surface area contributed by atoms with E-state index in [1.807, 2.05) is 0 Å². The van der Waals surface area contributed by atoms with Gasteiger partial charge in [0.1, 0.15) is 11.1 Å². The molecule has 0 atom stereocenters. The number of hydrogen-bond donors (Lipinski definition) is 0. The van der Waals surface area contributed by atoms with Gasteiger partial charge in [0.2, 0.25) is 0 Å². The van der Waals surface area contributed by atoms with Crippen molar-refractivity contribution in [1.82, 2.24) is 0 Å². The molecule has 0 bridgehead atoms. The van der Waals surface area contributed by atoms with Crippen molar-refractivity contribution in [1.29, 1.82) is 0 Å². The third kappa shape index (κ3) is 3.76. The molecular weight excluding hydrogens is 320 g/mol. The Morgan fingerprint density at radius 3 is 1.88 bits per heavy atom. The number of carbonyl (C=O) groups excluding carboxylic acids is 3. The van der Waals surface area contributed by atoms with Crippen molar-refractivity contribution >= 4 is 17.9 Å². The van der Waals surface area contributed by atoms with E-state index in [2.05, 4.69) is 0 Å². The molecule has 0 aromatic heterocycles. The molecule has 0 amide bonds. The molecule has 0 aliphatic carbocycles. The van der Waals surface area contributed by atoms with Gasteiger partial charge >= 0.3 is 17.9 Å². The average molecular weight is 338 g/mol. The van der Waals surface area contributed by atoms with E-state index in [1.165, 1.54) is 39.2 Å². The first-order valence-electron chi connectivity index (χ1n) is 7.10. The summed E-state index contributed by atoms with van der Waals surface area (Å²) in [5.74, 6) is -4.78. The van der Waals surface area contributed by atoms with E-state index in [0.717, 1.165) is 0 Å². The summed E-state index contributed by atoms with van der Waals surface area (Å²) in [6.07, 6.45) is 3.77. The predicted molar refractivity (Wildman–Crippen MR) is 78.8 cm³/mol. The van der Waals surface area contributed by atoms with Gasteiger partial charge in [-0.15, -0.1) is 0 Å². The molecule has 2 aliphatic rings. The summed E-state index contributed by atoms with van der Waals surface area (Å²) < 4.78 is 25.4. The summed E-state index contributed by atoms with van der Waals surface area (Å²) in [6.45, 7) is 6.01. The van der Waals surface area contributed by atoms with Gasteiger partial charge < -0.3 is 23.7 Å². The molecule has 0 N–H and O–H groups in total. The first kappa shape index (κ1) is 17.6. The normalized spacial score (nSPS) is 22.5. The van der Waals surface area contributed by atoms with Gasteiger partial charge in [-0.05, 0) is 12.2 Å². The van der Waals surface area contributed by atoms with Gasteiger partial charge in [0.25, 0.3) is 17.5 Å². The standard InChI is InChI=1S/C16H18O8/c1-15(2)21-11(17)9(12(18)22-15)7-6-8-10-13(19)23-16(3,4)24-14(10)20-5/h6-8H,1-5H3/b8-6+. The van der Waals surface area contributed by atoms with Crippen LogP contribution in [-0.2, 0) is 38.1 Å². The zero-order chi connectivity index (χ0) is 18.1. The Kier molecular flexibility index (Phi) is 4.42. The number of ether oxygens (including phenoxy) is 5. The zero-order valence-electron chi connectivity index (χ0n) is 14.0. The number of methoxy groups -OCH3 is 1. The zero-order valence-corrected chi connectivity index (χ0v) is 14.0. The highest BCUT2D eigenvalue weighted by Crippen LogP contribution is 2.28. The maximum atomic E-state index is 12.0. The van der Waals surface area contributed by atoms with Crippen molar-refractivity contribution in [2.45, 2.75) is 39.3 Å². The van der Waals surface area contributed by atoms with Crippen LogP contribution in [-0.4, -0.2) is 36.6 Å². The minimum absolute atomic E-state index is 0.00606. The monoisotopic (exact) mass is 338 g/mol. The Bertz CT molecular complexity index is 656. The molecule has 24 heavy (non-hydrogen) atoms. The Hall–Kier alpha value is -2.77. The Morgan fingerprint density at radius 2 is 1.33 bits per heavy atom. The van der Waals surface area contributed by atoms with Crippen LogP contribution in [0.3, 0.4) is 0 Å². The molecule has 0 saturated carbocycles. The second-order valence-electron chi connectivity index (χ2n) is 5.91. The first-order valence-corrected chi connectivity index (χ1v) is 7.10.